The number of benzene rings is 1. The smallest absolute Gasteiger partial charge is 0.310 e. The molecule has 2 rings (SSSR count). The Balaban J connectivity index is 2.05. The summed E-state index contributed by atoms with van der Waals surface area (Å²) in [7, 11) is 0. The maximum absolute atomic E-state index is 12.2. The standard InChI is InChI=1S/C16H16BrN3O4S/c1-3-11(14-8-9-15(17)25-14)18-19-16(21)10(2)24-13-7-5-4-6-12(13)20(22)23/h4-10H,3H2,1-2H3,(H,19,21). The summed E-state index contributed by atoms with van der Waals surface area (Å²) in [5.41, 5.74) is 3.00. The topological polar surface area (TPSA) is 93.8 Å². The quantitative estimate of drug-likeness (QED) is 0.410. The Kier molecular flexibility index (Phi) is 6.65. The summed E-state index contributed by atoms with van der Waals surface area (Å²) in [5.74, 6) is -0.447. The number of hydrazone groups is 1. The zero-order valence-electron chi connectivity index (χ0n) is 13.6. The normalized spacial score (nSPS) is 12.5. The number of nitro benzene ring substituents is 1. The predicted molar refractivity (Wildman–Crippen MR) is 100 cm³/mol. The van der Waals surface area contributed by atoms with Crippen molar-refractivity contribution in [1.82, 2.24) is 5.43 Å². The van der Waals surface area contributed by atoms with E-state index in [1.54, 1.807) is 6.07 Å². The van der Waals surface area contributed by atoms with Gasteiger partial charge in [0, 0.05) is 6.07 Å². The second-order valence-electron chi connectivity index (χ2n) is 4.98. The highest BCUT2D eigenvalue weighted by molar-refractivity contribution is 9.11. The fraction of sp³-hybridized carbons (Fsp3) is 0.250. The van der Waals surface area contributed by atoms with Crippen molar-refractivity contribution in [2.24, 2.45) is 5.10 Å². The Morgan fingerprint density at radius 3 is 2.72 bits per heavy atom. The van der Waals surface area contributed by atoms with Gasteiger partial charge in [0.15, 0.2) is 11.9 Å². The number of thiophene rings is 1. The Morgan fingerprint density at radius 1 is 1.40 bits per heavy atom. The van der Waals surface area contributed by atoms with Crippen molar-refractivity contribution < 1.29 is 14.5 Å². The first-order valence-electron chi connectivity index (χ1n) is 7.44. The summed E-state index contributed by atoms with van der Waals surface area (Å²) in [6.45, 7) is 3.45. The zero-order valence-corrected chi connectivity index (χ0v) is 16.0. The van der Waals surface area contributed by atoms with Crippen molar-refractivity contribution in [3.05, 3.63) is 55.2 Å². The van der Waals surface area contributed by atoms with Gasteiger partial charge in [0.05, 0.1) is 19.3 Å². The minimum absolute atomic E-state index is 0.0389. The highest BCUT2D eigenvalue weighted by Crippen LogP contribution is 2.27. The Labute approximate surface area is 157 Å². The third-order valence-electron chi connectivity index (χ3n) is 3.23. The summed E-state index contributed by atoms with van der Waals surface area (Å²) in [6.07, 6.45) is -0.287. The maximum Gasteiger partial charge on any atom is 0.310 e. The van der Waals surface area contributed by atoms with Crippen molar-refractivity contribution in [1.29, 1.82) is 0 Å². The van der Waals surface area contributed by atoms with Gasteiger partial charge in [0.1, 0.15) is 0 Å². The monoisotopic (exact) mass is 425 g/mol. The van der Waals surface area contributed by atoms with Gasteiger partial charge in [-0.25, -0.2) is 5.43 Å². The van der Waals surface area contributed by atoms with Crippen molar-refractivity contribution in [3.63, 3.8) is 0 Å². The Bertz CT molecular complexity index is 806. The predicted octanol–water partition coefficient (Wildman–Crippen LogP) is 4.12. The van der Waals surface area contributed by atoms with Crippen LogP contribution in [-0.2, 0) is 4.79 Å². The van der Waals surface area contributed by atoms with Crippen molar-refractivity contribution in [2.75, 3.05) is 0 Å². The van der Waals surface area contributed by atoms with Gasteiger partial charge in [-0.2, -0.15) is 5.10 Å². The van der Waals surface area contributed by atoms with Gasteiger partial charge in [-0.3, -0.25) is 14.9 Å². The van der Waals surface area contributed by atoms with E-state index in [2.05, 4.69) is 26.5 Å². The summed E-state index contributed by atoms with van der Waals surface area (Å²) in [5, 5.41) is 15.1. The van der Waals surface area contributed by atoms with Crippen LogP contribution in [0.5, 0.6) is 5.75 Å². The molecule has 25 heavy (non-hydrogen) atoms. The number of carbonyl (C=O) groups is 1. The fourth-order valence-corrected chi connectivity index (χ4v) is 3.39. The summed E-state index contributed by atoms with van der Waals surface area (Å²) >= 11 is 4.91. The van der Waals surface area contributed by atoms with E-state index in [0.29, 0.717) is 6.42 Å². The molecule has 1 atom stereocenters. The van der Waals surface area contributed by atoms with Gasteiger partial charge in [-0.15, -0.1) is 11.3 Å². The van der Waals surface area contributed by atoms with Gasteiger partial charge in [0.2, 0.25) is 0 Å². The van der Waals surface area contributed by atoms with Crippen LogP contribution in [0.2, 0.25) is 0 Å². The molecular weight excluding hydrogens is 410 g/mol. The molecule has 2 aromatic rings. The summed E-state index contributed by atoms with van der Waals surface area (Å²) in [4.78, 5) is 23.5. The summed E-state index contributed by atoms with van der Waals surface area (Å²) < 4.78 is 6.39. The van der Waals surface area contributed by atoms with E-state index in [-0.39, 0.29) is 11.4 Å². The van der Waals surface area contributed by atoms with Crippen LogP contribution in [0, 0.1) is 10.1 Å². The molecule has 1 unspecified atom stereocenters. The maximum atomic E-state index is 12.2. The first-order valence-corrected chi connectivity index (χ1v) is 9.05. The molecule has 0 aliphatic rings. The minimum atomic E-state index is -0.932. The Hall–Kier alpha value is -2.26. The van der Waals surface area contributed by atoms with Gasteiger partial charge in [0.25, 0.3) is 5.91 Å². The zero-order chi connectivity index (χ0) is 18.4. The molecule has 1 aromatic carbocycles. The number of halogens is 1. The molecule has 0 bridgehead atoms. The molecule has 1 N–H and O–H groups in total. The number of nitrogens with zero attached hydrogens (tertiary/aromatic N) is 2. The number of nitrogens with one attached hydrogen (secondary N) is 1. The average Bonchev–Trinajstić information content (AvgIpc) is 3.01. The average molecular weight is 426 g/mol. The lowest BCUT2D eigenvalue weighted by atomic mass is 10.2. The molecule has 0 aliphatic carbocycles. The molecule has 1 amide bonds. The Morgan fingerprint density at radius 2 is 2.12 bits per heavy atom. The van der Waals surface area contributed by atoms with Crippen molar-refractivity contribution >= 4 is 44.6 Å². The molecule has 132 valence electrons. The number of para-hydroxylation sites is 2. The van der Waals surface area contributed by atoms with Gasteiger partial charge >= 0.3 is 5.69 Å². The molecule has 7 nitrogen and oxygen atoms in total. The van der Waals surface area contributed by atoms with E-state index < -0.39 is 16.9 Å². The van der Waals surface area contributed by atoms with E-state index in [1.807, 2.05) is 19.1 Å². The van der Waals surface area contributed by atoms with E-state index in [1.165, 1.54) is 36.5 Å². The third-order valence-corrected chi connectivity index (χ3v) is 4.90. The lowest BCUT2D eigenvalue weighted by molar-refractivity contribution is -0.386. The lowest BCUT2D eigenvalue weighted by Crippen LogP contribution is -2.34. The SMILES string of the molecule is CCC(=NNC(=O)C(C)Oc1ccccc1[N+](=O)[O-])c1ccc(Br)s1. The van der Waals surface area contributed by atoms with Gasteiger partial charge < -0.3 is 4.74 Å². The second kappa shape index (κ2) is 8.72. The number of rotatable bonds is 7. The van der Waals surface area contributed by atoms with Gasteiger partial charge in [-0.05, 0) is 47.5 Å². The van der Waals surface area contributed by atoms with Crippen LogP contribution in [0.25, 0.3) is 0 Å². The van der Waals surface area contributed by atoms with Crippen LogP contribution in [0.3, 0.4) is 0 Å². The number of carbonyl (C=O) groups excluding carboxylic acids is 1. The van der Waals surface area contributed by atoms with Crippen LogP contribution in [0.1, 0.15) is 25.1 Å². The molecule has 0 radical (unpaired) electrons. The highest BCUT2D eigenvalue weighted by Gasteiger charge is 2.20. The molecule has 1 heterocycles. The lowest BCUT2D eigenvalue weighted by Gasteiger charge is -2.13. The number of nitro groups is 1. The second-order valence-corrected chi connectivity index (χ2v) is 7.44. The molecule has 1 aromatic heterocycles. The number of ether oxygens (including phenoxy) is 1. The third kappa shape index (κ3) is 5.10. The number of amides is 1. The number of hydrogen-bond acceptors (Lipinski definition) is 6. The van der Waals surface area contributed by atoms with Crippen molar-refractivity contribution in [3.8, 4) is 5.75 Å². The van der Waals surface area contributed by atoms with E-state index in [4.69, 9.17) is 4.74 Å². The fourth-order valence-electron chi connectivity index (χ4n) is 1.94. The van der Waals surface area contributed by atoms with Crippen LogP contribution in [0.4, 0.5) is 5.69 Å². The van der Waals surface area contributed by atoms with Crippen LogP contribution in [-0.4, -0.2) is 22.6 Å². The molecule has 0 fully saturated rings. The minimum Gasteiger partial charge on any atom is -0.474 e. The molecule has 0 spiro atoms. The molecule has 0 aliphatic heterocycles. The van der Waals surface area contributed by atoms with E-state index >= 15 is 0 Å². The first kappa shape index (κ1) is 19.1. The van der Waals surface area contributed by atoms with Crippen molar-refractivity contribution in [2.45, 2.75) is 26.4 Å². The largest absolute Gasteiger partial charge is 0.474 e. The highest BCUT2D eigenvalue weighted by atomic mass is 79.9. The first-order chi connectivity index (χ1) is 11.9. The molecular formula is C16H16BrN3O4S. The number of hydrogen-bond donors (Lipinski definition) is 1. The molecule has 0 saturated carbocycles. The summed E-state index contributed by atoms with van der Waals surface area (Å²) in [6, 6.07) is 9.74. The molecule has 9 heteroatoms. The van der Waals surface area contributed by atoms with Crippen LogP contribution < -0.4 is 10.2 Å². The van der Waals surface area contributed by atoms with Gasteiger partial charge in [-0.1, -0.05) is 19.1 Å². The van der Waals surface area contributed by atoms with E-state index in [9.17, 15) is 14.9 Å². The van der Waals surface area contributed by atoms with Crippen LogP contribution >= 0.6 is 27.3 Å². The van der Waals surface area contributed by atoms with Crippen LogP contribution in [0.15, 0.2) is 45.3 Å². The van der Waals surface area contributed by atoms with E-state index in [0.717, 1.165) is 14.4 Å². The molecule has 0 saturated heterocycles.